The van der Waals surface area contributed by atoms with Crippen LogP contribution in [-0.4, -0.2) is 109 Å². The smallest absolute Gasteiger partial charge is 0.411 e. The Morgan fingerprint density at radius 2 is 0.519 bits per heavy atom. The number of benzene rings is 12. The van der Waals surface area contributed by atoms with Gasteiger partial charge in [-0.1, -0.05) is 467 Å². The molecule has 15 rings (SSSR count). The van der Waals surface area contributed by atoms with E-state index in [1.165, 1.54) is 74.6 Å². The van der Waals surface area contributed by atoms with Crippen LogP contribution >= 0.6 is 31.7 Å². The maximum Gasteiger partial charge on any atom is 0.411 e. The van der Waals surface area contributed by atoms with Gasteiger partial charge in [-0.25, -0.2) is 4.79 Å². The number of amides is 4. The normalized spacial score (nSPS) is 16.0. The Hall–Kier alpha value is -10.6. The number of carbonyl (C=O) groups is 4. The van der Waals surface area contributed by atoms with Crippen molar-refractivity contribution in [2.24, 2.45) is 50.5 Å². The summed E-state index contributed by atoms with van der Waals surface area (Å²) in [5.41, 5.74) is 0. The van der Waals surface area contributed by atoms with Crippen LogP contribution in [0.3, 0.4) is 0 Å². The third kappa shape index (κ3) is 37.8. The molecular weight excluding hydrogens is 1830 g/mol. The summed E-state index contributed by atoms with van der Waals surface area (Å²) in [6.45, 7) is 36.2. The average molecular weight is 1970 g/mol. The van der Waals surface area contributed by atoms with Gasteiger partial charge in [0.25, 0.3) is 0 Å². The van der Waals surface area contributed by atoms with Crippen LogP contribution in [0.2, 0.25) is 0 Å². The van der Waals surface area contributed by atoms with Crippen LogP contribution in [0.4, 0.5) is 4.79 Å². The summed E-state index contributed by atoms with van der Waals surface area (Å²) >= 11 is 0. The SMILES string of the molecule is C.C=CCOC(=O)N1CC(=O)NC(=N[C@H](C)C(C)C)C1CC(C)C.CC(C)C[C@@H]1NCC(=O)NC1=N[C@H](C)C(C)C.CC(C)C[C@H]1NCC(=O)NC1=N[C@H](C)C(C)C.[Pd].c1ccc(P(c2ccccc2)c2ccccc2)cc1.c1ccc(P(c2ccccc2)c2ccccc2)cc1.c1ccc(P(c2ccccc2)c2ccccc2)cc1.c1ccc(P(c2ccccc2)c2ccccc2)cc1. The van der Waals surface area contributed by atoms with E-state index in [9.17, 15) is 19.2 Å². The molecule has 0 spiro atoms. The van der Waals surface area contributed by atoms with Crippen molar-refractivity contribution in [3.8, 4) is 0 Å². The molecule has 6 atom stereocenters. The van der Waals surface area contributed by atoms with Gasteiger partial charge in [-0.15, -0.1) is 0 Å². The molecule has 4 amide bonds. The topological polar surface area (TPSA) is 178 Å². The molecule has 3 aliphatic heterocycles. The molecule has 1 unspecified atom stereocenters. The molecule has 0 aromatic heterocycles. The Balaban J connectivity index is 0.000000215. The van der Waals surface area contributed by atoms with Crippen molar-refractivity contribution in [1.82, 2.24) is 31.5 Å². The van der Waals surface area contributed by atoms with Gasteiger partial charge in [0.15, 0.2) is 0 Å². The minimum atomic E-state index is -0.504. The zero-order valence-corrected chi connectivity index (χ0v) is 85.9. The molecule has 14 nitrogen and oxygen atoms in total. The van der Waals surface area contributed by atoms with Gasteiger partial charge in [0.05, 0.1) is 49.3 Å². The molecule has 3 fully saturated rings. The molecule has 135 heavy (non-hydrogen) atoms. The third-order valence-electron chi connectivity index (χ3n) is 22.2. The number of amidine groups is 3. The summed E-state index contributed by atoms with van der Waals surface area (Å²) in [6, 6.07) is 130. The van der Waals surface area contributed by atoms with E-state index in [4.69, 9.17) is 4.74 Å². The van der Waals surface area contributed by atoms with Crippen LogP contribution < -0.4 is 90.2 Å². The van der Waals surface area contributed by atoms with Crippen LogP contribution in [-0.2, 0) is 39.5 Å². The molecule has 12 aromatic rings. The fourth-order valence-electron chi connectivity index (χ4n) is 14.5. The van der Waals surface area contributed by atoms with E-state index < -0.39 is 37.8 Å². The van der Waals surface area contributed by atoms with E-state index >= 15 is 0 Å². The quantitative estimate of drug-likeness (QED) is 0.0203. The van der Waals surface area contributed by atoms with Gasteiger partial charge >= 0.3 is 6.09 Å². The second-order valence-electron chi connectivity index (χ2n) is 35.3. The molecule has 19 heteroatoms. The minimum absolute atomic E-state index is 0. The van der Waals surface area contributed by atoms with Gasteiger partial charge in [-0.05, 0) is 171 Å². The number of rotatable bonds is 26. The second kappa shape index (κ2) is 60.8. The molecule has 12 aromatic carbocycles. The Bertz CT molecular complexity index is 4530. The van der Waals surface area contributed by atoms with E-state index in [1.807, 2.05) is 6.92 Å². The molecule has 712 valence electrons. The molecule has 0 bridgehead atoms. The fourth-order valence-corrected chi connectivity index (χ4v) is 23.7. The summed E-state index contributed by atoms with van der Waals surface area (Å²) in [6.07, 6.45) is 3.73. The Morgan fingerprint density at radius 1 is 0.326 bits per heavy atom. The summed E-state index contributed by atoms with van der Waals surface area (Å²) in [5.74, 6) is 4.83. The first kappa shape index (κ1) is 111. The van der Waals surface area contributed by atoms with Crippen LogP contribution in [0.5, 0.6) is 0 Å². The van der Waals surface area contributed by atoms with E-state index in [1.54, 1.807) is 0 Å². The molecule has 3 heterocycles. The molecule has 0 aliphatic carbocycles. The number of piperazine rings is 3. The number of carbonyl (C=O) groups excluding carboxylic acids is 4. The standard InChI is InChI=1S/4C18H15P.C17H29N3O3.2C13H25N3O.CH4.Pd/c4*1-4-10-16(11-5-1)19(17-12-6-2-7-13-17)18-14-8-3-9-15-18;1-7-8-23-17(22)20-10-15(21)19-16(14(20)9-11(2)3)18-13(6)12(4)5;2*1-8(2)6-11-13(15-10(5)9(3)4)16-12(17)7-14-11;;/h4*1-15H;7,11-14H,1,8-10H2,2-6H3,(H,18,19,21);2*8-11,14H,6-7H2,1-5H3,(H,15,16,17);1H4;/t;;;;13-,14?;10-,11+;10-,11-;;/m....111../s1. The number of nitrogens with zero attached hydrogens (tertiary/aromatic N) is 4. The first-order valence-electron chi connectivity index (χ1n) is 46.8. The summed E-state index contributed by atoms with van der Waals surface area (Å²) in [4.78, 5) is 62.5. The molecule has 0 radical (unpaired) electrons. The monoisotopic (exact) mass is 1970 g/mol. The molecule has 0 saturated carbocycles. The predicted molar refractivity (Wildman–Crippen MR) is 581 cm³/mol. The zero-order valence-electron chi connectivity index (χ0n) is 80.7. The number of nitrogens with one attached hydrogen (secondary N) is 5. The maximum atomic E-state index is 12.3. The van der Waals surface area contributed by atoms with Crippen molar-refractivity contribution in [2.75, 3.05) is 26.2 Å². The first-order chi connectivity index (χ1) is 64.3. The van der Waals surface area contributed by atoms with Gasteiger partial charge in [-0.2, -0.15) is 0 Å². The minimum Gasteiger partial charge on any atom is -0.445 e. The van der Waals surface area contributed by atoms with Crippen molar-refractivity contribution in [2.45, 2.75) is 167 Å². The average Bonchev–Trinajstić information content (AvgIpc) is 0.833. The van der Waals surface area contributed by atoms with E-state index in [-0.39, 0.29) is 95.0 Å². The van der Waals surface area contributed by atoms with Crippen molar-refractivity contribution in [1.29, 1.82) is 0 Å². The van der Waals surface area contributed by atoms with Gasteiger partial charge in [0.1, 0.15) is 30.7 Å². The largest absolute Gasteiger partial charge is 0.445 e. The summed E-state index contributed by atoms with van der Waals surface area (Å²) in [7, 11) is -1.78. The molecular formula is C116H143N9O5P4Pd. The van der Waals surface area contributed by atoms with E-state index in [0.717, 1.165) is 24.5 Å². The Morgan fingerprint density at radius 3 is 0.704 bits per heavy atom. The van der Waals surface area contributed by atoms with E-state index in [0.29, 0.717) is 60.9 Å². The van der Waals surface area contributed by atoms with Crippen molar-refractivity contribution >= 4 is 137 Å². The molecule has 3 saturated heterocycles. The fraction of sp³-hybridized carbons (Fsp3) is 0.302. The number of hydrogen-bond donors (Lipinski definition) is 5. The van der Waals surface area contributed by atoms with Gasteiger partial charge in [0.2, 0.25) is 17.7 Å². The van der Waals surface area contributed by atoms with Crippen molar-refractivity contribution in [3.63, 3.8) is 0 Å². The number of ether oxygens (including phenoxy) is 1. The summed E-state index contributed by atoms with van der Waals surface area (Å²) in [5, 5.41) is 31.9. The summed E-state index contributed by atoms with van der Waals surface area (Å²) < 4.78 is 5.13. The van der Waals surface area contributed by atoms with Crippen LogP contribution in [0, 0.1) is 35.5 Å². The van der Waals surface area contributed by atoms with Crippen LogP contribution in [0.25, 0.3) is 0 Å². The Labute approximate surface area is 826 Å². The first-order valence-corrected chi connectivity index (χ1v) is 52.2. The second-order valence-corrected chi connectivity index (χ2v) is 44.2. The zero-order chi connectivity index (χ0) is 95.2. The van der Waals surface area contributed by atoms with Crippen molar-refractivity contribution < 1.29 is 44.3 Å². The number of hydrogen-bond acceptors (Lipinski definition) is 10. The Kier molecular flexibility index (Phi) is 50.1. The van der Waals surface area contributed by atoms with E-state index in [2.05, 4.69) is 509 Å². The van der Waals surface area contributed by atoms with Gasteiger partial charge in [0, 0.05) is 20.4 Å². The third-order valence-corrected chi connectivity index (χ3v) is 32.0. The van der Waals surface area contributed by atoms with Gasteiger partial charge < -0.3 is 20.7 Å². The maximum absolute atomic E-state index is 12.3. The van der Waals surface area contributed by atoms with Crippen LogP contribution in [0.1, 0.15) is 131 Å². The van der Waals surface area contributed by atoms with Gasteiger partial charge in [-0.3, -0.25) is 44.9 Å². The predicted octanol–water partition coefficient (Wildman–Crippen LogP) is 20.1. The van der Waals surface area contributed by atoms with Crippen LogP contribution in [0.15, 0.2) is 392 Å². The molecule has 3 aliphatic rings. The van der Waals surface area contributed by atoms with Crippen molar-refractivity contribution in [3.05, 3.63) is 377 Å². The molecule has 5 N–H and O–H groups in total. The number of aliphatic imine (C=N–C) groups is 3.